The van der Waals surface area contributed by atoms with Gasteiger partial charge in [0.1, 0.15) is 4.70 Å². The van der Waals surface area contributed by atoms with Crippen LogP contribution in [0.25, 0.3) is 38.5 Å². The molecule has 9 nitrogen and oxygen atoms in total. The zero-order chi connectivity index (χ0) is 30.9. The molecule has 5 aromatic rings. The second kappa shape index (κ2) is 12.1. The highest BCUT2D eigenvalue weighted by atomic mass is 32.2. The molecule has 0 bridgehead atoms. The van der Waals surface area contributed by atoms with Gasteiger partial charge in [0.2, 0.25) is 11.4 Å². The Kier molecular flexibility index (Phi) is 8.27. The van der Waals surface area contributed by atoms with Gasteiger partial charge in [-0.15, -0.1) is 0 Å². The lowest BCUT2D eigenvalue weighted by molar-refractivity contribution is -0.668. The number of rotatable bonds is 10. The van der Waals surface area contributed by atoms with Gasteiger partial charge in [0.15, 0.2) is 12.3 Å². The van der Waals surface area contributed by atoms with Crippen molar-refractivity contribution in [2.24, 2.45) is 0 Å². The molecule has 0 spiro atoms. The summed E-state index contributed by atoms with van der Waals surface area (Å²) in [5.74, 6) is 0.00394. The Morgan fingerprint density at radius 3 is 2.00 bits per heavy atom. The van der Waals surface area contributed by atoms with Crippen molar-refractivity contribution in [2.75, 3.05) is 23.0 Å². The number of aromatic nitrogens is 1. The molecule has 0 saturated carbocycles. The third kappa shape index (κ3) is 6.85. The number of aryl methyl sites for hydroxylation is 1. The van der Waals surface area contributed by atoms with Crippen molar-refractivity contribution in [3.8, 4) is 28.0 Å². The second-order valence-electron chi connectivity index (χ2n) is 10.4. The van der Waals surface area contributed by atoms with Gasteiger partial charge in [-0.2, -0.15) is 21.4 Å². The highest BCUT2D eigenvalue weighted by molar-refractivity contribution is 7.86. The zero-order valence-corrected chi connectivity index (χ0v) is 25.9. The number of anilines is 1. The minimum atomic E-state index is -4.27. The predicted molar refractivity (Wildman–Crippen MR) is 173 cm³/mol. The Morgan fingerprint density at radius 2 is 1.36 bits per heavy atom. The van der Waals surface area contributed by atoms with Crippen LogP contribution in [0.3, 0.4) is 0 Å². The third-order valence-corrected chi connectivity index (χ3v) is 9.89. The quantitative estimate of drug-likeness (QED) is 0.142. The summed E-state index contributed by atoms with van der Waals surface area (Å²) < 4.78 is 74.7. The van der Waals surface area contributed by atoms with Gasteiger partial charge in [-0.3, -0.25) is 9.11 Å². The van der Waals surface area contributed by atoms with Gasteiger partial charge in [0, 0.05) is 19.0 Å². The highest BCUT2D eigenvalue weighted by Crippen LogP contribution is 2.42. The summed E-state index contributed by atoms with van der Waals surface area (Å²) >= 11 is 1.48. The van der Waals surface area contributed by atoms with Gasteiger partial charge in [-0.1, -0.05) is 84.1 Å². The van der Waals surface area contributed by atoms with Crippen molar-refractivity contribution >= 4 is 53.6 Å². The van der Waals surface area contributed by atoms with Crippen LogP contribution < -0.4 is 14.2 Å². The smallest absolute Gasteiger partial charge is 0.268 e. The Balaban J connectivity index is 1.44. The van der Waals surface area contributed by atoms with Crippen LogP contribution in [0.1, 0.15) is 11.4 Å². The molecule has 226 valence electrons. The molecule has 1 aromatic heterocycles. The summed E-state index contributed by atoms with van der Waals surface area (Å²) in [6.45, 7) is 0.245. The van der Waals surface area contributed by atoms with E-state index in [4.69, 9.17) is 4.74 Å². The first kappa shape index (κ1) is 30.0. The van der Waals surface area contributed by atoms with Crippen LogP contribution in [0.15, 0.2) is 103 Å². The van der Waals surface area contributed by atoms with Gasteiger partial charge in [0.05, 0.1) is 23.3 Å². The lowest BCUT2D eigenvalue weighted by atomic mass is 10.0. The van der Waals surface area contributed by atoms with E-state index in [0.29, 0.717) is 23.9 Å². The summed E-state index contributed by atoms with van der Waals surface area (Å²) in [6.07, 6.45) is 1.97. The maximum absolute atomic E-state index is 11.8. The monoisotopic (exact) mass is 649 g/mol. The Labute approximate surface area is 259 Å². The van der Waals surface area contributed by atoms with Crippen LogP contribution >= 0.6 is 11.3 Å². The maximum atomic E-state index is 11.8. The normalized spacial score (nSPS) is 14.2. The fourth-order valence-electron chi connectivity index (χ4n) is 5.22. The molecule has 0 amide bonds. The topological polar surface area (TPSA) is 125 Å². The average Bonchev–Trinajstić information content (AvgIpc) is 3.52. The number of hydrogen-bond acceptors (Lipinski definition) is 7. The first-order valence-electron chi connectivity index (χ1n) is 13.8. The number of nitrogens with zero attached hydrogens (tertiary/aromatic N) is 2. The largest absolute Gasteiger partial charge is 0.438 e. The molecule has 0 saturated heterocycles. The van der Waals surface area contributed by atoms with E-state index in [1.165, 1.54) is 11.3 Å². The fourth-order valence-corrected chi connectivity index (χ4v) is 7.22. The molecule has 2 heterocycles. The van der Waals surface area contributed by atoms with Crippen molar-refractivity contribution in [3.05, 3.63) is 108 Å². The van der Waals surface area contributed by atoms with E-state index in [-0.39, 0.29) is 13.0 Å². The molecule has 0 aliphatic carbocycles. The number of fused-ring (bicyclic) bond motifs is 2. The zero-order valence-electron chi connectivity index (χ0n) is 23.4. The van der Waals surface area contributed by atoms with Gasteiger partial charge in [-0.25, -0.2) is 0 Å². The van der Waals surface area contributed by atoms with Crippen LogP contribution in [0.5, 0.6) is 5.75 Å². The standard InChI is InChI=1S/C32H28N2O7S3/c35-43(36,37)18-7-16-34-28-21-26(24-10-5-2-6-11-24)13-15-30(28)42-32(34)22-31-33(17-19-44(38,39)40)27-20-25(12-14-29(27)41-31)23-8-3-1-4-9-23/h1-6,8-15,20-22H,7,16-19H2,(H-,35,36,37,38,39,40)/p+1. The van der Waals surface area contributed by atoms with Crippen molar-refractivity contribution in [3.63, 3.8) is 0 Å². The lowest BCUT2D eigenvalue weighted by Crippen LogP contribution is -2.36. The van der Waals surface area contributed by atoms with E-state index in [2.05, 4.69) is 0 Å². The molecule has 1 aliphatic heterocycles. The summed E-state index contributed by atoms with van der Waals surface area (Å²) in [7, 11) is -8.42. The molecule has 2 N–H and O–H groups in total. The number of thiazole rings is 1. The molecule has 6 rings (SSSR count). The van der Waals surface area contributed by atoms with Gasteiger partial charge in [0.25, 0.3) is 25.2 Å². The van der Waals surface area contributed by atoms with E-state index >= 15 is 0 Å². The molecule has 0 fully saturated rings. The Bertz CT molecular complexity index is 2080. The highest BCUT2D eigenvalue weighted by Gasteiger charge is 2.30. The van der Waals surface area contributed by atoms with Crippen LogP contribution in [0.4, 0.5) is 5.69 Å². The molecule has 0 atom stereocenters. The van der Waals surface area contributed by atoms with Crippen molar-refractivity contribution < 1.29 is 35.2 Å². The first-order valence-corrected chi connectivity index (χ1v) is 17.9. The molecule has 44 heavy (non-hydrogen) atoms. The van der Waals surface area contributed by atoms with Gasteiger partial charge < -0.3 is 9.64 Å². The molecule has 0 radical (unpaired) electrons. The minimum absolute atomic E-state index is 0.0539. The fraction of sp³-hybridized carbons (Fsp3) is 0.156. The molecular weight excluding hydrogens is 621 g/mol. The van der Waals surface area contributed by atoms with Crippen LogP contribution in [0, 0.1) is 0 Å². The van der Waals surface area contributed by atoms with E-state index < -0.39 is 31.7 Å². The van der Waals surface area contributed by atoms with Crippen molar-refractivity contribution in [1.82, 2.24) is 0 Å². The molecule has 1 aliphatic rings. The van der Waals surface area contributed by atoms with Crippen LogP contribution in [-0.4, -0.2) is 44.0 Å². The lowest BCUT2D eigenvalue weighted by Gasteiger charge is -2.17. The number of benzene rings is 4. The van der Waals surface area contributed by atoms with Gasteiger partial charge >= 0.3 is 0 Å². The second-order valence-corrected chi connectivity index (χ2v) is 14.6. The summed E-state index contributed by atoms with van der Waals surface area (Å²) in [4.78, 5) is 1.72. The Hall–Kier alpha value is -4.07. The van der Waals surface area contributed by atoms with E-state index in [1.54, 1.807) is 11.0 Å². The van der Waals surface area contributed by atoms with E-state index in [9.17, 15) is 25.9 Å². The average molecular weight is 650 g/mol. The molecule has 4 aromatic carbocycles. The first-order chi connectivity index (χ1) is 21.0. The van der Waals surface area contributed by atoms with Crippen molar-refractivity contribution in [2.45, 2.75) is 13.0 Å². The molecular formula is C32H29N2O7S3+. The number of hydrogen-bond donors (Lipinski definition) is 2. The number of ether oxygens (including phenoxy) is 1. The molecule has 0 unspecified atom stereocenters. The van der Waals surface area contributed by atoms with E-state index in [0.717, 1.165) is 37.5 Å². The maximum Gasteiger partial charge on any atom is 0.268 e. The third-order valence-electron chi connectivity index (χ3n) is 7.28. The summed E-state index contributed by atoms with van der Waals surface area (Å²) in [5, 5.41) is 0.739. The van der Waals surface area contributed by atoms with Gasteiger partial charge in [-0.05, 0) is 40.5 Å². The molecule has 12 heteroatoms. The minimum Gasteiger partial charge on any atom is -0.438 e. The Morgan fingerprint density at radius 1 is 0.750 bits per heavy atom. The van der Waals surface area contributed by atoms with Crippen molar-refractivity contribution in [1.29, 1.82) is 0 Å². The van der Waals surface area contributed by atoms with E-state index in [1.807, 2.05) is 102 Å². The predicted octanol–water partition coefficient (Wildman–Crippen LogP) is 5.89. The van der Waals surface area contributed by atoms with Crippen LogP contribution in [0.2, 0.25) is 0 Å². The summed E-state index contributed by atoms with van der Waals surface area (Å²) in [6, 6.07) is 31.4. The SMILES string of the molecule is O=S(=O)(O)CCC[n+]1c(/C=C2\Oc3ccc(-c4ccccc4)cc3N2CCS(=O)(=O)O)sc2ccc(-c3ccccc3)cc21. The van der Waals surface area contributed by atoms with Crippen LogP contribution in [-0.2, 0) is 26.8 Å². The summed E-state index contributed by atoms with van der Waals surface area (Å²) in [5.41, 5.74) is 5.47.